The molecule has 1 aromatic carbocycles. The Kier molecular flexibility index (Phi) is 6.85. The summed E-state index contributed by atoms with van der Waals surface area (Å²) in [6, 6.07) is 5.83. The highest BCUT2D eigenvalue weighted by atomic mass is 19.4. The van der Waals surface area contributed by atoms with Crippen LogP contribution in [0.5, 0.6) is 5.75 Å². The Bertz CT molecular complexity index is 595. The molecule has 0 bridgehead atoms. The fraction of sp³-hybridized carbons (Fsp3) is 0.588. The summed E-state index contributed by atoms with van der Waals surface area (Å²) in [5, 5.41) is 8.82. The number of benzene rings is 1. The summed E-state index contributed by atoms with van der Waals surface area (Å²) in [5.74, 6) is -1.14. The van der Waals surface area contributed by atoms with Crippen LogP contribution in [0.4, 0.5) is 13.2 Å². The predicted molar refractivity (Wildman–Crippen MR) is 88.0 cm³/mol. The highest BCUT2D eigenvalue weighted by Crippen LogP contribution is 2.27. The SMILES string of the molecule is CC(c1ccc(OC(F)(F)F)cc1)N1CCOC(CN(C)CC(=O)O)C1. The minimum Gasteiger partial charge on any atom is -0.480 e. The molecule has 146 valence electrons. The molecule has 2 atom stereocenters. The highest BCUT2D eigenvalue weighted by Gasteiger charge is 2.31. The van der Waals surface area contributed by atoms with Gasteiger partial charge in [-0.2, -0.15) is 0 Å². The number of likely N-dealkylation sites (N-methyl/N-ethyl adjacent to an activating group) is 1. The number of ether oxygens (including phenoxy) is 2. The van der Waals surface area contributed by atoms with Crippen molar-refractivity contribution in [2.45, 2.75) is 25.4 Å². The average Bonchev–Trinajstić information content (AvgIpc) is 2.53. The summed E-state index contributed by atoms with van der Waals surface area (Å²) in [4.78, 5) is 14.6. The lowest BCUT2D eigenvalue weighted by atomic mass is 10.1. The maximum absolute atomic E-state index is 12.2. The van der Waals surface area contributed by atoms with Crippen LogP contribution in [0.15, 0.2) is 24.3 Å². The number of carboxylic acids is 1. The van der Waals surface area contributed by atoms with Crippen molar-refractivity contribution in [3.8, 4) is 5.75 Å². The predicted octanol–water partition coefficient (Wildman–Crippen LogP) is 2.36. The Morgan fingerprint density at radius 1 is 1.42 bits per heavy atom. The van der Waals surface area contributed by atoms with E-state index in [9.17, 15) is 18.0 Å². The van der Waals surface area contributed by atoms with Crippen LogP contribution in [0.25, 0.3) is 0 Å². The zero-order valence-electron chi connectivity index (χ0n) is 14.7. The molecule has 1 heterocycles. The number of nitrogens with zero attached hydrogens (tertiary/aromatic N) is 2. The van der Waals surface area contributed by atoms with Crippen LogP contribution in [0.1, 0.15) is 18.5 Å². The number of carboxylic acid groups (broad SMARTS) is 1. The van der Waals surface area contributed by atoms with Gasteiger partial charge in [0, 0.05) is 25.7 Å². The molecule has 0 radical (unpaired) electrons. The molecule has 0 aromatic heterocycles. The van der Waals surface area contributed by atoms with E-state index in [-0.39, 0.29) is 24.4 Å². The van der Waals surface area contributed by atoms with E-state index in [1.165, 1.54) is 12.1 Å². The van der Waals surface area contributed by atoms with Crippen LogP contribution >= 0.6 is 0 Å². The maximum atomic E-state index is 12.2. The van der Waals surface area contributed by atoms with Crippen LogP contribution < -0.4 is 4.74 Å². The first-order valence-electron chi connectivity index (χ1n) is 8.26. The molecule has 1 fully saturated rings. The Morgan fingerprint density at radius 2 is 2.08 bits per heavy atom. The van der Waals surface area contributed by atoms with Crippen molar-refractivity contribution in [3.63, 3.8) is 0 Å². The molecular weight excluding hydrogens is 353 g/mol. The molecule has 1 aliphatic heterocycles. The summed E-state index contributed by atoms with van der Waals surface area (Å²) in [7, 11) is 1.72. The molecule has 1 N–H and O–H groups in total. The molecule has 0 aliphatic carbocycles. The third-order valence-corrected chi connectivity index (χ3v) is 4.23. The van der Waals surface area contributed by atoms with E-state index in [2.05, 4.69) is 9.64 Å². The van der Waals surface area contributed by atoms with E-state index in [0.29, 0.717) is 26.2 Å². The molecule has 1 aliphatic rings. The molecule has 26 heavy (non-hydrogen) atoms. The van der Waals surface area contributed by atoms with Gasteiger partial charge in [-0.3, -0.25) is 14.6 Å². The number of hydrogen-bond acceptors (Lipinski definition) is 5. The first-order valence-corrected chi connectivity index (χ1v) is 8.26. The van der Waals surface area contributed by atoms with Gasteiger partial charge in [-0.15, -0.1) is 13.2 Å². The van der Waals surface area contributed by atoms with Crippen LogP contribution in [-0.2, 0) is 9.53 Å². The third-order valence-electron chi connectivity index (χ3n) is 4.23. The molecule has 9 heteroatoms. The Hall–Kier alpha value is -1.84. The van der Waals surface area contributed by atoms with Crippen LogP contribution in [-0.4, -0.2) is 73.2 Å². The molecular formula is C17H23F3N2O4. The average molecular weight is 376 g/mol. The van der Waals surface area contributed by atoms with Crippen molar-refractivity contribution in [3.05, 3.63) is 29.8 Å². The van der Waals surface area contributed by atoms with Gasteiger partial charge in [-0.1, -0.05) is 12.1 Å². The molecule has 0 saturated carbocycles. The molecule has 6 nitrogen and oxygen atoms in total. The first kappa shape index (κ1) is 20.5. The Morgan fingerprint density at radius 3 is 2.65 bits per heavy atom. The summed E-state index contributed by atoms with van der Waals surface area (Å²) in [5.41, 5.74) is 0.874. The quantitative estimate of drug-likeness (QED) is 0.788. The van der Waals surface area contributed by atoms with E-state index in [1.54, 1.807) is 24.1 Å². The minimum absolute atomic E-state index is 0.00823. The van der Waals surface area contributed by atoms with E-state index in [0.717, 1.165) is 5.56 Å². The minimum atomic E-state index is -4.70. The van der Waals surface area contributed by atoms with Gasteiger partial charge < -0.3 is 14.6 Å². The van der Waals surface area contributed by atoms with E-state index in [1.807, 2.05) is 6.92 Å². The summed E-state index contributed by atoms with van der Waals surface area (Å²) in [6.07, 6.45) is -4.82. The zero-order chi connectivity index (χ0) is 19.3. The number of aliphatic carboxylic acids is 1. The van der Waals surface area contributed by atoms with Gasteiger partial charge in [0.2, 0.25) is 0 Å². The number of rotatable bonds is 7. The topological polar surface area (TPSA) is 62.2 Å². The second kappa shape index (κ2) is 8.70. The Balaban J connectivity index is 1.93. The number of morpholine rings is 1. The normalized spacial score (nSPS) is 20.2. The van der Waals surface area contributed by atoms with E-state index >= 15 is 0 Å². The highest BCUT2D eigenvalue weighted by molar-refractivity contribution is 5.69. The van der Waals surface area contributed by atoms with Crippen LogP contribution in [0.2, 0.25) is 0 Å². The molecule has 2 rings (SSSR count). The van der Waals surface area contributed by atoms with Crippen LogP contribution in [0.3, 0.4) is 0 Å². The van der Waals surface area contributed by atoms with E-state index < -0.39 is 12.3 Å². The summed E-state index contributed by atoms with van der Waals surface area (Å²) in [6.45, 7) is 4.24. The fourth-order valence-electron chi connectivity index (χ4n) is 3.01. The zero-order valence-corrected chi connectivity index (χ0v) is 14.7. The van der Waals surface area contributed by atoms with Crippen molar-refractivity contribution in [1.29, 1.82) is 0 Å². The van der Waals surface area contributed by atoms with Crippen molar-refractivity contribution in [2.24, 2.45) is 0 Å². The smallest absolute Gasteiger partial charge is 0.480 e. The van der Waals surface area contributed by atoms with Gasteiger partial charge in [0.25, 0.3) is 0 Å². The standard InChI is InChI=1S/C17H23F3N2O4/c1-12(13-3-5-14(6-4-13)26-17(18,19)20)22-7-8-25-15(10-22)9-21(2)11-16(23)24/h3-6,12,15H,7-11H2,1-2H3,(H,23,24). The number of hydrogen-bond donors (Lipinski definition) is 1. The Labute approximate surface area is 150 Å². The van der Waals surface area contributed by atoms with Gasteiger partial charge in [0.1, 0.15) is 5.75 Å². The number of halogens is 3. The van der Waals surface area contributed by atoms with Gasteiger partial charge in [-0.05, 0) is 31.7 Å². The second-order valence-corrected chi connectivity index (χ2v) is 6.37. The number of alkyl halides is 3. The van der Waals surface area contributed by atoms with E-state index in [4.69, 9.17) is 9.84 Å². The first-order chi connectivity index (χ1) is 12.1. The molecule has 0 spiro atoms. The molecule has 0 amide bonds. The summed E-state index contributed by atoms with van der Waals surface area (Å²) >= 11 is 0. The molecule has 2 unspecified atom stereocenters. The summed E-state index contributed by atoms with van der Waals surface area (Å²) < 4.78 is 46.3. The second-order valence-electron chi connectivity index (χ2n) is 6.37. The van der Waals surface area contributed by atoms with Gasteiger partial charge in [0.15, 0.2) is 0 Å². The largest absolute Gasteiger partial charge is 0.573 e. The van der Waals surface area contributed by atoms with Crippen molar-refractivity contribution in [1.82, 2.24) is 9.80 Å². The van der Waals surface area contributed by atoms with Crippen molar-refractivity contribution >= 4 is 5.97 Å². The maximum Gasteiger partial charge on any atom is 0.573 e. The lowest BCUT2D eigenvalue weighted by Gasteiger charge is -2.38. The van der Waals surface area contributed by atoms with Gasteiger partial charge in [-0.25, -0.2) is 0 Å². The molecule has 1 aromatic rings. The number of carbonyl (C=O) groups is 1. The lowest BCUT2D eigenvalue weighted by Crippen LogP contribution is -2.48. The third kappa shape index (κ3) is 6.47. The molecule has 1 saturated heterocycles. The van der Waals surface area contributed by atoms with Crippen molar-refractivity contribution in [2.75, 3.05) is 39.8 Å². The van der Waals surface area contributed by atoms with Gasteiger partial charge >= 0.3 is 12.3 Å². The van der Waals surface area contributed by atoms with Crippen molar-refractivity contribution < 1.29 is 32.5 Å². The van der Waals surface area contributed by atoms with Crippen LogP contribution in [0, 0.1) is 0 Å². The monoisotopic (exact) mass is 376 g/mol. The fourth-order valence-corrected chi connectivity index (χ4v) is 3.01. The van der Waals surface area contributed by atoms with Gasteiger partial charge in [0.05, 0.1) is 19.3 Å². The lowest BCUT2D eigenvalue weighted by molar-refractivity contribution is -0.274.